The zero-order valence-electron chi connectivity index (χ0n) is 17.3. The summed E-state index contributed by atoms with van der Waals surface area (Å²) in [4.78, 5) is 13.9. The van der Waals surface area contributed by atoms with Gasteiger partial charge in [-0.05, 0) is 18.1 Å². The Morgan fingerprint density at radius 1 is 0.968 bits per heavy atom. The van der Waals surface area contributed by atoms with Crippen LogP contribution in [0.1, 0.15) is 18.1 Å². The number of fused-ring (bicyclic) bond motifs is 3. The molecule has 0 radical (unpaired) electrons. The number of benzene rings is 2. The van der Waals surface area contributed by atoms with E-state index in [0.29, 0.717) is 25.4 Å². The van der Waals surface area contributed by atoms with E-state index in [1.807, 2.05) is 65.6 Å². The molecule has 0 saturated carbocycles. The maximum Gasteiger partial charge on any atom is 0.251 e. The Labute approximate surface area is 181 Å². The van der Waals surface area contributed by atoms with Crippen LogP contribution in [0, 0.1) is 0 Å². The van der Waals surface area contributed by atoms with Crippen LogP contribution in [0.4, 0.5) is 0 Å². The highest BCUT2D eigenvalue weighted by atomic mass is 16.7. The van der Waals surface area contributed by atoms with Crippen LogP contribution in [0.5, 0.6) is 0 Å². The maximum absolute atomic E-state index is 12.0. The summed E-state index contributed by atoms with van der Waals surface area (Å²) in [7, 11) is 0. The van der Waals surface area contributed by atoms with Gasteiger partial charge in [0.2, 0.25) is 6.35 Å². The molecule has 1 unspecified atom stereocenters. The Morgan fingerprint density at radius 3 is 2.35 bits per heavy atom. The van der Waals surface area contributed by atoms with Crippen molar-refractivity contribution in [2.24, 2.45) is 0 Å². The third kappa shape index (κ3) is 4.22. The Kier molecular flexibility index (Phi) is 5.74. The van der Waals surface area contributed by atoms with Crippen molar-refractivity contribution in [3.63, 3.8) is 0 Å². The zero-order valence-corrected chi connectivity index (χ0v) is 17.3. The van der Waals surface area contributed by atoms with E-state index in [1.54, 1.807) is 13.1 Å². The van der Waals surface area contributed by atoms with Gasteiger partial charge < -0.3 is 29.2 Å². The standard InChI is InChI=1S/C24H26N2O5/c1-16-12-26-23-21(31-24(26)25-22(16)27)20(29-14-18-10-6-3-7-11-18)19(30-23)15-28-13-17-8-4-2-5-9-17/h2-12,19-21,23-24H,13-15H2,1H3,(H,25,27)/t19-,20+,21-,23-,24?/m1/s1. The molecule has 31 heavy (non-hydrogen) atoms. The number of rotatable bonds is 7. The molecule has 2 aromatic carbocycles. The number of ether oxygens (including phenoxy) is 4. The second-order valence-corrected chi connectivity index (χ2v) is 8.01. The summed E-state index contributed by atoms with van der Waals surface area (Å²) < 4.78 is 24.7. The molecule has 2 aromatic rings. The molecule has 7 heteroatoms. The molecule has 0 bridgehead atoms. The summed E-state index contributed by atoms with van der Waals surface area (Å²) in [5, 5.41) is 2.86. The van der Waals surface area contributed by atoms with Crippen molar-refractivity contribution in [1.29, 1.82) is 0 Å². The normalized spacial score (nSPS) is 29.3. The SMILES string of the molecule is CC1=CN2C(NC1=O)O[C@@H]1[C@@H](OCc3ccccc3)[C@@H](COCc3ccccc3)O[C@H]12. The second kappa shape index (κ2) is 8.80. The molecule has 0 aromatic heterocycles. The fraction of sp³-hybridized carbons (Fsp3) is 0.375. The fourth-order valence-electron chi connectivity index (χ4n) is 4.17. The highest BCUT2D eigenvalue weighted by molar-refractivity contribution is 5.93. The number of carbonyl (C=O) groups is 1. The number of nitrogens with zero attached hydrogens (tertiary/aromatic N) is 1. The summed E-state index contributed by atoms with van der Waals surface area (Å²) in [6.07, 6.45) is -0.0180. The van der Waals surface area contributed by atoms with Crippen LogP contribution in [0.2, 0.25) is 0 Å². The average Bonchev–Trinajstić information content (AvgIpc) is 3.30. The number of hydrogen-bond donors (Lipinski definition) is 1. The molecule has 5 atom stereocenters. The van der Waals surface area contributed by atoms with Crippen molar-refractivity contribution in [1.82, 2.24) is 10.2 Å². The summed E-state index contributed by atoms with van der Waals surface area (Å²) >= 11 is 0. The van der Waals surface area contributed by atoms with Crippen molar-refractivity contribution >= 4 is 5.91 Å². The van der Waals surface area contributed by atoms with Crippen LogP contribution in [0.15, 0.2) is 72.4 Å². The van der Waals surface area contributed by atoms with Crippen molar-refractivity contribution in [3.05, 3.63) is 83.6 Å². The molecule has 5 rings (SSSR count). The number of nitrogens with one attached hydrogen (secondary N) is 1. The van der Waals surface area contributed by atoms with Crippen LogP contribution in [0.3, 0.4) is 0 Å². The largest absolute Gasteiger partial charge is 0.374 e. The monoisotopic (exact) mass is 422 g/mol. The summed E-state index contributed by atoms with van der Waals surface area (Å²) in [6, 6.07) is 20.1. The van der Waals surface area contributed by atoms with Crippen molar-refractivity contribution in [2.75, 3.05) is 6.61 Å². The Hall–Kier alpha value is -2.71. The van der Waals surface area contributed by atoms with Gasteiger partial charge in [-0.2, -0.15) is 0 Å². The number of hydrogen-bond acceptors (Lipinski definition) is 6. The van der Waals surface area contributed by atoms with Crippen molar-refractivity contribution < 1.29 is 23.7 Å². The van der Waals surface area contributed by atoms with Gasteiger partial charge in [-0.3, -0.25) is 4.79 Å². The molecule has 7 nitrogen and oxygen atoms in total. The molecule has 0 aliphatic carbocycles. The molecular weight excluding hydrogens is 396 g/mol. The van der Waals surface area contributed by atoms with E-state index in [9.17, 15) is 4.79 Å². The first kappa shape index (κ1) is 20.2. The lowest BCUT2D eigenvalue weighted by Crippen LogP contribution is -2.50. The molecule has 3 aliphatic heterocycles. The van der Waals surface area contributed by atoms with E-state index < -0.39 is 6.35 Å². The van der Waals surface area contributed by atoms with Gasteiger partial charge in [0.1, 0.15) is 18.3 Å². The predicted molar refractivity (Wildman–Crippen MR) is 112 cm³/mol. The number of carbonyl (C=O) groups excluding carboxylic acids is 1. The molecular formula is C24H26N2O5. The summed E-state index contributed by atoms with van der Waals surface area (Å²) in [5.41, 5.74) is 2.81. The van der Waals surface area contributed by atoms with Gasteiger partial charge in [0.05, 0.1) is 19.8 Å². The van der Waals surface area contributed by atoms with Crippen LogP contribution in [-0.4, -0.2) is 48.3 Å². The molecule has 2 saturated heterocycles. The lowest BCUT2D eigenvalue weighted by Gasteiger charge is -2.31. The average molecular weight is 422 g/mol. The zero-order chi connectivity index (χ0) is 21.2. The lowest BCUT2D eigenvalue weighted by atomic mass is 10.1. The Morgan fingerprint density at radius 2 is 1.65 bits per heavy atom. The first-order chi connectivity index (χ1) is 15.2. The van der Waals surface area contributed by atoms with E-state index in [1.165, 1.54) is 0 Å². The first-order valence-corrected chi connectivity index (χ1v) is 10.5. The highest BCUT2D eigenvalue weighted by Gasteiger charge is 2.56. The van der Waals surface area contributed by atoms with Crippen molar-refractivity contribution in [2.45, 2.75) is 51.0 Å². The molecule has 1 amide bonds. The molecule has 1 N–H and O–H groups in total. The van der Waals surface area contributed by atoms with Gasteiger partial charge in [0, 0.05) is 11.8 Å². The van der Waals surface area contributed by atoms with Gasteiger partial charge in [0.25, 0.3) is 5.91 Å². The summed E-state index contributed by atoms with van der Waals surface area (Å²) in [5.74, 6) is -0.134. The quantitative estimate of drug-likeness (QED) is 0.740. The number of amides is 1. The summed E-state index contributed by atoms with van der Waals surface area (Å²) in [6.45, 7) is 3.11. The predicted octanol–water partition coefficient (Wildman–Crippen LogP) is 2.53. The minimum absolute atomic E-state index is 0.134. The van der Waals surface area contributed by atoms with Gasteiger partial charge >= 0.3 is 0 Å². The van der Waals surface area contributed by atoms with E-state index in [2.05, 4.69) is 5.32 Å². The Balaban J connectivity index is 1.29. The van der Waals surface area contributed by atoms with Gasteiger partial charge in [-0.1, -0.05) is 60.7 Å². The molecule has 3 aliphatic rings. The van der Waals surface area contributed by atoms with E-state index in [0.717, 1.165) is 11.1 Å². The molecule has 3 heterocycles. The van der Waals surface area contributed by atoms with E-state index in [-0.39, 0.29) is 30.4 Å². The third-order valence-electron chi connectivity index (χ3n) is 5.77. The van der Waals surface area contributed by atoms with Gasteiger partial charge in [0.15, 0.2) is 6.23 Å². The van der Waals surface area contributed by atoms with Crippen molar-refractivity contribution in [3.8, 4) is 0 Å². The maximum atomic E-state index is 12.0. The van der Waals surface area contributed by atoms with Gasteiger partial charge in [-0.25, -0.2) is 0 Å². The smallest absolute Gasteiger partial charge is 0.251 e. The lowest BCUT2D eigenvalue weighted by molar-refractivity contribution is -0.144. The minimum Gasteiger partial charge on any atom is -0.374 e. The topological polar surface area (TPSA) is 69.3 Å². The van der Waals surface area contributed by atoms with Gasteiger partial charge in [-0.15, -0.1) is 0 Å². The fourth-order valence-corrected chi connectivity index (χ4v) is 4.17. The minimum atomic E-state index is -0.541. The van der Waals surface area contributed by atoms with Crippen LogP contribution >= 0.6 is 0 Å². The Bertz CT molecular complexity index is 936. The third-order valence-corrected chi connectivity index (χ3v) is 5.77. The van der Waals surface area contributed by atoms with Crippen LogP contribution < -0.4 is 5.32 Å². The van der Waals surface area contributed by atoms with Crippen LogP contribution in [-0.2, 0) is 37.0 Å². The van der Waals surface area contributed by atoms with E-state index >= 15 is 0 Å². The first-order valence-electron chi connectivity index (χ1n) is 10.5. The second-order valence-electron chi connectivity index (χ2n) is 8.01. The highest BCUT2D eigenvalue weighted by Crippen LogP contribution is 2.38. The molecule has 0 spiro atoms. The van der Waals surface area contributed by atoms with E-state index in [4.69, 9.17) is 18.9 Å². The van der Waals surface area contributed by atoms with Crippen LogP contribution in [0.25, 0.3) is 0 Å². The molecule has 2 fully saturated rings. The molecule has 162 valence electrons.